The third-order valence-corrected chi connectivity index (χ3v) is 7.29. The quantitative estimate of drug-likeness (QED) is 0.0899. The minimum Gasteiger partial charge on any atom is -0.494 e. The number of unbranched alkanes of at least 4 members (excludes halogenated alkanes) is 3. The first-order valence-electron chi connectivity index (χ1n) is 15.6. The number of hydrogen-bond acceptors (Lipinski definition) is 8. The van der Waals surface area contributed by atoms with Gasteiger partial charge in [-0.1, -0.05) is 38.3 Å². The van der Waals surface area contributed by atoms with Crippen molar-refractivity contribution in [2.45, 2.75) is 96.9 Å². The van der Waals surface area contributed by atoms with Gasteiger partial charge in [-0.15, -0.1) is 0 Å². The van der Waals surface area contributed by atoms with E-state index < -0.39 is 35.6 Å². The second-order valence-electron chi connectivity index (χ2n) is 11.1. The van der Waals surface area contributed by atoms with Crippen molar-refractivity contribution < 1.29 is 38.9 Å². The summed E-state index contributed by atoms with van der Waals surface area (Å²) in [6, 6.07) is 14.1. The van der Waals surface area contributed by atoms with Crippen molar-refractivity contribution in [2.75, 3.05) is 6.61 Å². The van der Waals surface area contributed by atoms with Gasteiger partial charge in [-0.3, -0.25) is 24.0 Å². The molecule has 2 atom stereocenters. The van der Waals surface area contributed by atoms with Crippen molar-refractivity contribution in [3.63, 3.8) is 0 Å². The van der Waals surface area contributed by atoms with E-state index in [0.29, 0.717) is 17.9 Å². The fourth-order valence-electron chi connectivity index (χ4n) is 4.61. The van der Waals surface area contributed by atoms with Gasteiger partial charge in [0.2, 0.25) is 5.91 Å². The van der Waals surface area contributed by atoms with Crippen LogP contribution in [0, 0.1) is 5.92 Å². The van der Waals surface area contributed by atoms with Gasteiger partial charge in [0.15, 0.2) is 5.78 Å². The average molecular weight is 624 g/mol. The Morgan fingerprint density at radius 3 is 1.96 bits per heavy atom. The van der Waals surface area contributed by atoms with Crippen LogP contribution in [0.5, 0.6) is 5.75 Å². The van der Waals surface area contributed by atoms with Gasteiger partial charge in [0, 0.05) is 31.6 Å². The Morgan fingerprint density at radius 2 is 1.38 bits per heavy atom. The molecule has 0 spiro atoms. The topological polar surface area (TPSA) is 172 Å². The summed E-state index contributed by atoms with van der Waals surface area (Å²) in [5.74, 6) is -3.72. The summed E-state index contributed by atoms with van der Waals surface area (Å²) in [6.07, 6.45) is 5.34. The van der Waals surface area contributed by atoms with E-state index >= 15 is 0 Å². The molecule has 0 heterocycles. The zero-order chi connectivity index (χ0) is 33.0. The SMILES string of the molecule is CCCCCCc1ccc(N=Nc2ccc(OCCCC(=O)N[C@H](CCC(=O)O)C(=O)C[C@H](CCC(=O)O)C(C)=O)cc2)cc1. The number of ether oxygens (including phenoxy) is 1. The van der Waals surface area contributed by atoms with E-state index in [1.807, 2.05) is 12.1 Å². The van der Waals surface area contributed by atoms with Gasteiger partial charge in [0.05, 0.1) is 24.0 Å². The van der Waals surface area contributed by atoms with Crippen LogP contribution >= 0.6 is 0 Å². The highest BCUT2D eigenvalue weighted by Gasteiger charge is 2.26. The molecular formula is C34H45N3O8. The monoisotopic (exact) mass is 623 g/mol. The Hall–Kier alpha value is -4.41. The maximum atomic E-state index is 12.8. The van der Waals surface area contributed by atoms with Crippen molar-refractivity contribution in [1.82, 2.24) is 5.32 Å². The molecule has 0 aliphatic heterocycles. The van der Waals surface area contributed by atoms with E-state index in [4.69, 9.17) is 14.9 Å². The van der Waals surface area contributed by atoms with Crippen molar-refractivity contribution in [1.29, 1.82) is 0 Å². The van der Waals surface area contributed by atoms with Crippen LogP contribution in [0.1, 0.15) is 90.0 Å². The molecule has 0 aliphatic carbocycles. The summed E-state index contributed by atoms with van der Waals surface area (Å²) in [5, 5.41) is 29.1. The molecule has 0 bridgehead atoms. The standard InChI is InChI=1S/C34H45N3O8/c1-3-4-5-6-8-25-10-13-27(14-11-25)36-37-28-15-17-29(18-16-28)45-22-7-9-32(40)35-30(19-21-34(43)44)31(39)23-26(24(2)38)12-20-33(41)42/h10-11,13-18,26,30H,3-9,12,19-23H2,1-2H3,(H,35,40)(H,41,42)(H,43,44)/t26-,30+/m0/s1. The number of aryl methyl sites for hydroxylation is 1. The second kappa shape index (κ2) is 20.5. The molecule has 0 unspecified atom stereocenters. The Labute approximate surface area is 264 Å². The zero-order valence-electron chi connectivity index (χ0n) is 26.2. The number of nitrogens with zero attached hydrogens (tertiary/aromatic N) is 2. The maximum absolute atomic E-state index is 12.8. The molecule has 11 nitrogen and oxygen atoms in total. The maximum Gasteiger partial charge on any atom is 0.303 e. The summed E-state index contributed by atoms with van der Waals surface area (Å²) in [6.45, 7) is 3.71. The van der Waals surface area contributed by atoms with E-state index in [9.17, 15) is 24.0 Å². The van der Waals surface area contributed by atoms with Gasteiger partial charge in [-0.25, -0.2) is 0 Å². The van der Waals surface area contributed by atoms with E-state index in [2.05, 4.69) is 34.6 Å². The molecule has 3 N–H and O–H groups in total. The Kier molecular flexibility index (Phi) is 16.8. The van der Waals surface area contributed by atoms with Crippen LogP contribution < -0.4 is 10.1 Å². The molecule has 0 radical (unpaired) electrons. The molecule has 0 aromatic heterocycles. The van der Waals surface area contributed by atoms with Crippen LogP contribution in [0.3, 0.4) is 0 Å². The minimum atomic E-state index is -1.13. The molecule has 2 aromatic carbocycles. The molecule has 0 fully saturated rings. The molecule has 45 heavy (non-hydrogen) atoms. The molecule has 2 rings (SSSR count). The number of nitrogens with one attached hydrogen (secondary N) is 1. The minimum absolute atomic E-state index is 0.00964. The fraction of sp³-hybridized carbons (Fsp3) is 0.500. The highest BCUT2D eigenvalue weighted by molar-refractivity contribution is 5.92. The largest absolute Gasteiger partial charge is 0.494 e. The van der Waals surface area contributed by atoms with Gasteiger partial charge in [0.1, 0.15) is 11.5 Å². The molecular weight excluding hydrogens is 578 g/mol. The third-order valence-electron chi connectivity index (χ3n) is 7.29. The number of Topliss-reactive ketones (excluding diaryl/α,β-unsaturated/α-hetero) is 2. The zero-order valence-corrected chi connectivity index (χ0v) is 26.2. The number of carbonyl (C=O) groups is 5. The van der Waals surface area contributed by atoms with Gasteiger partial charge >= 0.3 is 11.9 Å². The Bertz CT molecular complexity index is 1280. The normalized spacial score (nSPS) is 12.4. The van der Waals surface area contributed by atoms with Crippen LogP contribution in [-0.4, -0.2) is 52.3 Å². The third kappa shape index (κ3) is 15.8. The predicted octanol–water partition coefficient (Wildman–Crippen LogP) is 6.76. The summed E-state index contributed by atoms with van der Waals surface area (Å²) in [4.78, 5) is 59.2. The molecule has 11 heteroatoms. The number of ketones is 2. The number of carbonyl (C=O) groups excluding carboxylic acids is 3. The van der Waals surface area contributed by atoms with Crippen LogP contribution in [0.25, 0.3) is 0 Å². The molecule has 2 aromatic rings. The lowest BCUT2D eigenvalue weighted by Crippen LogP contribution is -2.42. The first-order chi connectivity index (χ1) is 21.6. The summed E-state index contributed by atoms with van der Waals surface area (Å²) < 4.78 is 5.71. The van der Waals surface area contributed by atoms with Gasteiger partial charge in [-0.05, 0) is 81.0 Å². The van der Waals surface area contributed by atoms with Crippen LogP contribution in [0.15, 0.2) is 58.8 Å². The highest BCUT2D eigenvalue weighted by Crippen LogP contribution is 2.22. The molecule has 244 valence electrons. The average Bonchev–Trinajstić information content (AvgIpc) is 3.01. The van der Waals surface area contributed by atoms with Crippen molar-refractivity contribution in [3.8, 4) is 5.75 Å². The smallest absolute Gasteiger partial charge is 0.303 e. The highest BCUT2D eigenvalue weighted by atomic mass is 16.5. The van der Waals surface area contributed by atoms with E-state index in [1.54, 1.807) is 24.3 Å². The van der Waals surface area contributed by atoms with E-state index in [0.717, 1.165) is 12.1 Å². The number of amides is 1. The Balaban J connectivity index is 1.79. The van der Waals surface area contributed by atoms with Crippen molar-refractivity contribution >= 4 is 40.8 Å². The van der Waals surface area contributed by atoms with Gasteiger partial charge in [0.25, 0.3) is 0 Å². The van der Waals surface area contributed by atoms with Crippen LogP contribution in [0.4, 0.5) is 11.4 Å². The number of azo groups is 1. The summed E-state index contributed by atoms with van der Waals surface area (Å²) >= 11 is 0. The predicted molar refractivity (Wildman–Crippen MR) is 169 cm³/mol. The lowest BCUT2D eigenvalue weighted by molar-refractivity contribution is -0.139. The van der Waals surface area contributed by atoms with Crippen LogP contribution in [0.2, 0.25) is 0 Å². The molecule has 1 amide bonds. The molecule has 0 saturated carbocycles. The number of benzene rings is 2. The van der Waals surface area contributed by atoms with Gasteiger partial charge < -0.3 is 20.3 Å². The summed E-state index contributed by atoms with van der Waals surface area (Å²) in [5.41, 5.74) is 2.73. The van der Waals surface area contributed by atoms with Gasteiger partial charge in [-0.2, -0.15) is 10.2 Å². The number of hydrogen-bond donors (Lipinski definition) is 3. The lowest BCUT2D eigenvalue weighted by Gasteiger charge is -2.20. The van der Waals surface area contributed by atoms with Crippen molar-refractivity contribution in [3.05, 3.63) is 54.1 Å². The first kappa shape index (κ1) is 36.8. The van der Waals surface area contributed by atoms with E-state index in [-0.39, 0.29) is 50.9 Å². The first-order valence-corrected chi connectivity index (χ1v) is 15.6. The number of aliphatic carboxylic acids is 2. The van der Waals surface area contributed by atoms with E-state index in [1.165, 1.54) is 38.2 Å². The lowest BCUT2D eigenvalue weighted by atomic mass is 9.90. The van der Waals surface area contributed by atoms with Crippen LogP contribution in [-0.2, 0) is 30.4 Å². The Morgan fingerprint density at radius 1 is 0.778 bits per heavy atom. The fourth-order valence-corrected chi connectivity index (χ4v) is 4.61. The molecule has 0 saturated heterocycles. The number of carboxylic acid groups (broad SMARTS) is 2. The number of carboxylic acids is 2. The van der Waals surface area contributed by atoms with Crippen molar-refractivity contribution in [2.24, 2.45) is 16.1 Å². The number of rotatable bonds is 23. The molecule has 0 aliphatic rings. The second-order valence-corrected chi connectivity index (χ2v) is 11.1. The summed E-state index contributed by atoms with van der Waals surface area (Å²) in [7, 11) is 0.